The molecule has 0 aromatic heterocycles. The fourth-order valence-electron chi connectivity index (χ4n) is 1.30. The summed E-state index contributed by atoms with van der Waals surface area (Å²) in [5.74, 6) is 0.192. The molecule has 90 valence electrons. The summed E-state index contributed by atoms with van der Waals surface area (Å²) >= 11 is 5.78. The number of benzene rings is 1. The fraction of sp³-hybridized carbons (Fsp3) is 0.455. The SMILES string of the molecule is CN(CCS(C)(=O)=O)Cc1ccc(Cl)cc1. The molecule has 3 nitrogen and oxygen atoms in total. The second-order valence-corrected chi connectivity index (χ2v) is 6.69. The van der Waals surface area contributed by atoms with Crippen molar-refractivity contribution >= 4 is 21.4 Å². The van der Waals surface area contributed by atoms with Crippen LogP contribution in [0, 0.1) is 0 Å². The maximum absolute atomic E-state index is 11.0. The molecule has 1 rings (SSSR count). The second-order valence-electron chi connectivity index (χ2n) is 3.99. The van der Waals surface area contributed by atoms with E-state index in [0.29, 0.717) is 11.6 Å². The molecule has 1 aromatic carbocycles. The summed E-state index contributed by atoms with van der Waals surface area (Å²) in [6.07, 6.45) is 1.25. The van der Waals surface area contributed by atoms with Crippen molar-refractivity contribution in [3.8, 4) is 0 Å². The molecule has 0 fully saturated rings. The molecule has 0 amide bonds. The zero-order chi connectivity index (χ0) is 12.2. The molecule has 0 aliphatic heterocycles. The molecule has 0 aliphatic rings. The van der Waals surface area contributed by atoms with E-state index < -0.39 is 9.84 Å². The average molecular weight is 262 g/mol. The summed E-state index contributed by atoms with van der Waals surface area (Å²) in [6.45, 7) is 1.27. The van der Waals surface area contributed by atoms with Crippen molar-refractivity contribution in [2.45, 2.75) is 6.54 Å². The van der Waals surface area contributed by atoms with Crippen molar-refractivity contribution < 1.29 is 8.42 Å². The highest BCUT2D eigenvalue weighted by Crippen LogP contribution is 2.10. The first-order valence-corrected chi connectivity index (χ1v) is 7.41. The van der Waals surface area contributed by atoms with Crippen LogP contribution in [0.3, 0.4) is 0 Å². The fourth-order valence-corrected chi connectivity index (χ4v) is 2.07. The van der Waals surface area contributed by atoms with Gasteiger partial charge in [0, 0.05) is 24.4 Å². The molecule has 0 spiro atoms. The van der Waals surface area contributed by atoms with Gasteiger partial charge in [-0.2, -0.15) is 0 Å². The standard InChI is InChI=1S/C11H16ClNO2S/c1-13(7-8-16(2,14)15)9-10-3-5-11(12)6-4-10/h3-6H,7-9H2,1-2H3. The van der Waals surface area contributed by atoms with Crippen molar-refractivity contribution in [1.82, 2.24) is 4.90 Å². The Hall–Kier alpha value is -0.580. The van der Waals surface area contributed by atoms with Crippen LogP contribution < -0.4 is 0 Å². The first-order chi connectivity index (χ1) is 7.37. The van der Waals surface area contributed by atoms with Gasteiger partial charge in [0.1, 0.15) is 9.84 Å². The molecular formula is C11H16ClNO2S. The van der Waals surface area contributed by atoms with Crippen LogP contribution in [-0.2, 0) is 16.4 Å². The van der Waals surface area contributed by atoms with Gasteiger partial charge in [-0.3, -0.25) is 0 Å². The van der Waals surface area contributed by atoms with E-state index in [2.05, 4.69) is 0 Å². The Kier molecular flexibility index (Phi) is 4.77. The summed E-state index contributed by atoms with van der Waals surface area (Å²) < 4.78 is 22.0. The van der Waals surface area contributed by atoms with Crippen molar-refractivity contribution in [3.63, 3.8) is 0 Å². The van der Waals surface area contributed by atoms with Crippen LogP contribution in [0.25, 0.3) is 0 Å². The van der Waals surface area contributed by atoms with Crippen LogP contribution in [0.15, 0.2) is 24.3 Å². The van der Waals surface area contributed by atoms with E-state index in [4.69, 9.17) is 11.6 Å². The van der Waals surface area contributed by atoms with Crippen LogP contribution in [0.1, 0.15) is 5.56 Å². The minimum Gasteiger partial charge on any atom is -0.301 e. The highest BCUT2D eigenvalue weighted by molar-refractivity contribution is 7.90. The molecule has 0 radical (unpaired) electrons. The lowest BCUT2D eigenvalue weighted by molar-refractivity contribution is 0.346. The number of halogens is 1. The molecule has 0 bridgehead atoms. The molecule has 0 unspecified atom stereocenters. The van der Waals surface area contributed by atoms with E-state index in [1.807, 2.05) is 36.2 Å². The van der Waals surface area contributed by atoms with Crippen LogP contribution in [-0.4, -0.2) is 38.9 Å². The third-order valence-electron chi connectivity index (χ3n) is 2.21. The van der Waals surface area contributed by atoms with Crippen LogP contribution in [0.2, 0.25) is 5.02 Å². The molecule has 16 heavy (non-hydrogen) atoms. The normalized spacial score (nSPS) is 12.0. The van der Waals surface area contributed by atoms with E-state index in [9.17, 15) is 8.42 Å². The van der Waals surface area contributed by atoms with Gasteiger partial charge in [-0.05, 0) is 24.7 Å². The molecule has 0 heterocycles. The predicted molar refractivity (Wildman–Crippen MR) is 67.5 cm³/mol. The molecule has 1 aromatic rings. The van der Waals surface area contributed by atoms with Crippen molar-refractivity contribution in [2.24, 2.45) is 0 Å². The molecular weight excluding hydrogens is 246 g/mol. The highest BCUT2D eigenvalue weighted by Gasteiger charge is 2.05. The predicted octanol–water partition coefficient (Wildman–Crippen LogP) is 1.82. The Labute approximate surface area is 102 Å². The lowest BCUT2D eigenvalue weighted by Crippen LogP contribution is -2.24. The van der Waals surface area contributed by atoms with Crippen LogP contribution in [0.5, 0.6) is 0 Å². The lowest BCUT2D eigenvalue weighted by Gasteiger charge is -2.15. The molecule has 0 atom stereocenters. The van der Waals surface area contributed by atoms with Gasteiger partial charge in [0.15, 0.2) is 0 Å². The molecule has 0 saturated heterocycles. The molecule has 0 saturated carbocycles. The van der Waals surface area contributed by atoms with Crippen molar-refractivity contribution in [1.29, 1.82) is 0 Å². The number of hydrogen-bond donors (Lipinski definition) is 0. The van der Waals surface area contributed by atoms with Gasteiger partial charge in [-0.15, -0.1) is 0 Å². The molecule has 0 aliphatic carbocycles. The first kappa shape index (κ1) is 13.5. The van der Waals surface area contributed by atoms with Gasteiger partial charge in [0.2, 0.25) is 0 Å². The van der Waals surface area contributed by atoms with Gasteiger partial charge < -0.3 is 4.90 Å². The lowest BCUT2D eigenvalue weighted by atomic mass is 10.2. The summed E-state index contributed by atoms with van der Waals surface area (Å²) in [5.41, 5.74) is 1.13. The monoisotopic (exact) mass is 261 g/mol. The largest absolute Gasteiger partial charge is 0.301 e. The Morgan fingerprint density at radius 2 is 1.81 bits per heavy atom. The van der Waals surface area contributed by atoms with Crippen molar-refractivity contribution in [2.75, 3.05) is 25.6 Å². The van der Waals surface area contributed by atoms with E-state index >= 15 is 0 Å². The Morgan fingerprint density at radius 1 is 1.25 bits per heavy atom. The summed E-state index contributed by atoms with van der Waals surface area (Å²) in [6, 6.07) is 7.56. The second kappa shape index (κ2) is 5.66. The van der Waals surface area contributed by atoms with Gasteiger partial charge in [0.05, 0.1) is 5.75 Å². The van der Waals surface area contributed by atoms with E-state index in [1.54, 1.807) is 0 Å². The number of nitrogens with zero attached hydrogens (tertiary/aromatic N) is 1. The quantitative estimate of drug-likeness (QED) is 0.811. The van der Waals surface area contributed by atoms with Crippen LogP contribution in [0.4, 0.5) is 0 Å². The summed E-state index contributed by atoms with van der Waals surface area (Å²) in [4.78, 5) is 1.98. The van der Waals surface area contributed by atoms with Gasteiger partial charge >= 0.3 is 0 Å². The van der Waals surface area contributed by atoms with Gasteiger partial charge in [-0.1, -0.05) is 23.7 Å². The molecule has 0 N–H and O–H groups in total. The van der Waals surface area contributed by atoms with Gasteiger partial charge in [-0.25, -0.2) is 8.42 Å². The highest BCUT2D eigenvalue weighted by atomic mass is 35.5. The minimum absolute atomic E-state index is 0.192. The average Bonchev–Trinajstić information content (AvgIpc) is 2.18. The van der Waals surface area contributed by atoms with E-state index in [0.717, 1.165) is 12.1 Å². The third kappa shape index (κ3) is 5.49. The Morgan fingerprint density at radius 3 is 2.31 bits per heavy atom. The smallest absolute Gasteiger partial charge is 0.148 e. The first-order valence-electron chi connectivity index (χ1n) is 4.97. The topological polar surface area (TPSA) is 37.4 Å². The third-order valence-corrected chi connectivity index (χ3v) is 3.39. The van der Waals surface area contributed by atoms with Gasteiger partial charge in [0.25, 0.3) is 0 Å². The number of sulfone groups is 1. The number of rotatable bonds is 5. The zero-order valence-corrected chi connectivity index (χ0v) is 11.1. The molecule has 5 heteroatoms. The number of hydrogen-bond acceptors (Lipinski definition) is 3. The van der Waals surface area contributed by atoms with Crippen molar-refractivity contribution in [3.05, 3.63) is 34.9 Å². The Balaban J connectivity index is 2.45. The Bertz CT molecular complexity index is 428. The maximum atomic E-state index is 11.0. The zero-order valence-electron chi connectivity index (χ0n) is 9.48. The van der Waals surface area contributed by atoms with E-state index in [-0.39, 0.29) is 5.75 Å². The van der Waals surface area contributed by atoms with E-state index in [1.165, 1.54) is 6.26 Å². The van der Waals surface area contributed by atoms with Crippen LogP contribution >= 0.6 is 11.6 Å². The maximum Gasteiger partial charge on any atom is 0.148 e. The summed E-state index contributed by atoms with van der Waals surface area (Å²) in [5, 5.41) is 0.711. The minimum atomic E-state index is -2.88. The summed E-state index contributed by atoms with van der Waals surface area (Å²) in [7, 11) is -0.978.